The molecule has 2 aromatic carbocycles. The fourth-order valence-corrected chi connectivity index (χ4v) is 10.5. The lowest BCUT2D eigenvalue weighted by Gasteiger charge is -2.47. The highest BCUT2D eigenvalue weighted by Crippen LogP contribution is 2.61. The molecular formula is C40H37ClN4O9S. The van der Waals surface area contributed by atoms with Crippen molar-refractivity contribution < 1.29 is 43.3 Å². The Balaban J connectivity index is 1.24. The van der Waals surface area contributed by atoms with E-state index in [0.29, 0.717) is 27.0 Å². The minimum Gasteiger partial charge on any atom is -0.502 e. The van der Waals surface area contributed by atoms with Crippen molar-refractivity contribution in [3.8, 4) is 27.8 Å². The Morgan fingerprint density at radius 2 is 1.73 bits per heavy atom. The number of hydrogen-bond donors (Lipinski definition) is 1. The molecule has 2 aliphatic carbocycles. The molecule has 1 saturated carbocycles. The number of carbonyl (C=O) groups excluding carboxylic acids is 5. The summed E-state index contributed by atoms with van der Waals surface area (Å²) in [4.78, 5) is 72.4. The molecule has 2 saturated heterocycles. The van der Waals surface area contributed by atoms with Crippen molar-refractivity contribution in [3.05, 3.63) is 70.3 Å². The number of halogens is 1. The number of aromatic hydroxyl groups is 1. The van der Waals surface area contributed by atoms with Crippen LogP contribution in [0.15, 0.2) is 54.1 Å². The average molecular weight is 785 g/mol. The molecule has 4 heterocycles. The van der Waals surface area contributed by atoms with E-state index >= 15 is 4.79 Å². The fraction of sp³-hybridized carbons (Fsp3) is 0.350. The molecule has 6 atom stereocenters. The summed E-state index contributed by atoms with van der Waals surface area (Å²) in [6.07, 6.45) is 4.67. The van der Waals surface area contributed by atoms with Crippen molar-refractivity contribution >= 4 is 74.6 Å². The molecule has 5 amide bonds. The molecule has 2 aromatic heterocycles. The van der Waals surface area contributed by atoms with Gasteiger partial charge in [0.25, 0.3) is 0 Å². The maximum atomic E-state index is 15.0. The quantitative estimate of drug-likeness (QED) is 0.168. The lowest BCUT2D eigenvalue weighted by atomic mass is 9.52. The molecule has 1 N–H and O–H groups in total. The van der Waals surface area contributed by atoms with Crippen molar-refractivity contribution in [2.45, 2.75) is 26.7 Å². The topological polar surface area (TPSA) is 158 Å². The van der Waals surface area contributed by atoms with E-state index in [1.807, 2.05) is 37.3 Å². The van der Waals surface area contributed by atoms with Crippen LogP contribution in [0.1, 0.15) is 30.9 Å². The SMILES string of the molecule is COC(=O)N1C(=O)C2CC=C3C(CC4C(=O)N(c5cc(-c6sc7ccc(Cl)cc7c6C)nn5C)C(=O)C4(C)C3C=Cc3cc(OC)c(O)c(OC)c3)C2C1=O. The van der Waals surface area contributed by atoms with Crippen molar-refractivity contribution in [2.24, 2.45) is 42.1 Å². The first-order valence-corrected chi connectivity index (χ1v) is 18.8. The molecule has 0 spiro atoms. The van der Waals surface area contributed by atoms with Gasteiger partial charge in [-0.05, 0) is 79.5 Å². The first-order chi connectivity index (χ1) is 26.2. The molecular weight excluding hydrogens is 748 g/mol. The molecule has 3 fully saturated rings. The molecule has 6 unspecified atom stereocenters. The summed E-state index contributed by atoms with van der Waals surface area (Å²) in [5, 5.41) is 16.9. The molecule has 0 bridgehead atoms. The van der Waals surface area contributed by atoms with Gasteiger partial charge in [0.1, 0.15) is 11.5 Å². The minimum atomic E-state index is -1.32. The Morgan fingerprint density at radius 1 is 1.02 bits per heavy atom. The van der Waals surface area contributed by atoms with E-state index in [2.05, 4.69) is 0 Å². The van der Waals surface area contributed by atoms with Crippen molar-refractivity contribution in [1.29, 1.82) is 0 Å². The molecule has 4 aliphatic rings. The number of fused-ring (bicyclic) bond motifs is 5. The Bertz CT molecular complexity index is 2410. The van der Waals surface area contributed by atoms with Crippen LogP contribution in [0.5, 0.6) is 17.2 Å². The molecule has 284 valence electrons. The number of benzene rings is 2. The highest BCUT2D eigenvalue weighted by molar-refractivity contribution is 7.22. The number of carbonyl (C=O) groups is 5. The Morgan fingerprint density at radius 3 is 2.40 bits per heavy atom. The predicted octanol–water partition coefficient (Wildman–Crippen LogP) is 6.53. The molecule has 2 aliphatic heterocycles. The summed E-state index contributed by atoms with van der Waals surface area (Å²) in [5.74, 6) is -5.73. The van der Waals surface area contributed by atoms with E-state index in [0.717, 1.165) is 33.2 Å². The van der Waals surface area contributed by atoms with Crippen LogP contribution in [0.3, 0.4) is 0 Å². The third-order valence-corrected chi connectivity index (χ3v) is 13.4. The maximum absolute atomic E-state index is 15.0. The standard InChI is InChI=1S/C40H37ClN4O9S/c1-18-23-15-20(41)8-12-30(23)55-34(18)27-17-31(43(3)42-27)44-36(48)26-16-24-21(9-10-22-32(24)37(49)45(35(22)47)39(51)54-6)25(40(26,2)38(44)50)11-7-19-13-28(52-4)33(46)29(14-19)53-5/h7-9,11-15,17,22,24-26,32,46H,10,16H2,1-6H3. The number of aromatic nitrogens is 2. The van der Waals surface area contributed by atoms with Crippen LogP contribution < -0.4 is 14.4 Å². The van der Waals surface area contributed by atoms with Gasteiger partial charge in [-0.3, -0.25) is 23.9 Å². The van der Waals surface area contributed by atoms with Crippen molar-refractivity contribution in [2.75, 3.05) is 26.2 Å². The van der Waals surface area contributed by atoms with Crippen LogP contribution in [0.25, 0.3) is 26.7 Å². The van der Waals surface area contributed by atoms with Crippen LogP contribution in [-0.4, -0.2) is 70.8 Å². The van der Waals surface area contributed by atoms with Gasteiger partial charge < -0.3 is 19.3 Å². The van der Waals surface area contributed by atoms with Crippen LogP contribution in [-0.2, 0) is 31.0 Å². The lowest BCUT2D eigenvalue weighted by Crippen LogP contribution is -2.49. The number of likely N-dealkylation sites (tertiary alicyclic amines) is 1. The number of hydrogen-bond acceptors (Lipinski definition) is 11. The summed E-state index contributed by atoms with van der Waals surface area (Å²) in [6, 6.07) is 10.6. The number of methoxy groups -OCH3 is 3. The van der Waals surface area contributed by atoms with E-state index in [9.17, 15) is 24.3 Å². The second-order valence-electron chi connectivity index (χ2n) is 14.5. The summed E-state index contributed by atoms with van der Waals surface area (Å²) < 4.78 is 18.1. The average Bonchev–Trinajstić information content (AvgIpc) is 3.84. The van der Waals surface area contributed by atoms with E-state index in [4.69, 9.17) is 30.9 Å². The number of anilines is 1. The van der Waals surface area contributed by atoms with E-state index in [-0.39, 0.29) is 30.1 Å². The number of amides is 5. The van der Waals surface area contributed by atoms with Crippen LogP contribution >= 0.6 is 22.9 Å². The number of thiophene rings is 1. The molecule has 55 heavy (non-hydrogen) atoms. The number of imide groups is 4. The maximum Gasteiger partial charge on any atom is 0.423 e. The van der Waals surface area contributed by atoms with Crippen LogP contribution in [0.2, 0.25) is 5.02 Å². The molecule has 8 rings (SSSR count). The second kappa shape index (κ2) is 13.1. The van der Waals surface area contributed by atoms with Gasteiger partial charge in [-0.2, -0.15) is 10.00 Å². The largest absolute Gasteiger partial charge is 0.502 e. The van der Waals surface area contributed by atoms with Crippen molar-refractivity contribution in [1.82, 2.24) is 14.7 Å². The van der Waals surface area contributed by atoms with Gasteiger partial charge in [-0.15, -0.1) is 11.3 Å². The fourth-order valence-electron chi connectivity index (χ4n) is 9.14. The summed E-state index contributed by atoms with van der Waals surface area (Å²) in [7, 11) is 5.62. The normalized spacial score (nSPS) is 26.1. The van der Waals surface area contributed by atoms with Gasteiger partial charge in [0.15, 0.2) is 11.5 Å². The summed E-state index contributed by atoms with van der Waals surface area (Å²) in [6.45, 7) is 3.75. The number of rotatable bonds is 6. The van der Waals surface area contributed by atoms with Gasteiger partial charge in [0.2, 0.25) is 29.4 Å². The van der Waals surface area contributed by atoms with Gasteiger partial charge in [0, 0.05) is 28.8 Å². The first kappa shape index (κ1) is 36.5. The Hall–Kier alpha value is -5.47. The number of phenols is 1. The van der Waals surface area contributed by atoms with Gasteiger partial charge in [-0.25, -0.2) is 9.69 Å². The Kier molecular flexibility index (Phi) is 8.69. The number of nitrogens with zero attached hydrogens (tertiary/aromatic N) is 4. The van der Waals surface area contributed by atoms with Crippen molar-refractivity contribution in [3.63, 3.8) is 0 Å². The zero-order valence-electron chi connectivity index (χ0n) is 30.8. The van der Waals surface area contributed by atoms with Gasteiger partial charge in [-0.1, -0.05) is 35.4 Å². The molecule has 0 radical (unpaired) electrons. The minimum absolute atomic E-state index is 0.102. The smallest absolute Gasteiger partial charge is 0.423 e. The third kappa shape index (κ3) is 5.25. The molecule has 4 aromatic rings. The van der Waals surface area contributed by atoms with Gasteiger partial charge in [0.05, 0.1) is 49.4 Å². The highest BCUT2D eigenvalue weighted by atomic mass is 35.5. The number of phenolic OH excluding ortho intramolecular Hbond substituents is 1. The molecule has 15 heteroatoms. The second-order valence-corrected chi connectivity index (χ2v) is 16.0. The zero-order valence-corrected chi connectivity index (χ0v) is 32.4. The lowest BCUT2D eigenvalue weighted by molar-refractivity contribution is -0.138. The van der Waals surface area contributed by atoms with E-state index in [1.165, 1.54) is 35.1 Å². The van der Waals surface area contributed by atoms with Gasteiger partial charge >= 0.3 is 6.09 Å². The number of allylic oxidation sites excluding steroid dienone is 3. The van der Waals surface area contributed by atoms with Crippen LogP contribution in [0, 0.1) is 41.9 Å². The first-order valence-electron chi connectivity index (χ1n) is 17.6. The monoisotopic (exact) mass is 784 g/mol. The number of ether oxygens (including phenoxy) is 3. The number of aryl methyl sites for hydroxylation is 2. The van der Waals surface area contributed by atoms with E-state index in [1.54, 1.807) is 38.2 Å². The third-order valence-electron chi connectivity index (χ3n) is 11.9. The predicted molar refractivity (Wildman–Crippen MR) is 204 cm³/mol. The molecule has 13 nitrogen and oxygen atoms in total. The zero-order chi connectivity index (χ0) is 39.2. The van der Waals surface area contributed by atoms with Crippen LogP contribution in [0.4, 0.5) is 10.6 Å². The summed E-state index contributed by atoms with van der Waals surface area (Å²) in [5.41, 5.74) is 1.56. The summed E-state index contributed by atoms with van der Waals surface area (Å²) >= 11 is 7.84. The Labute approximate surface area is 324 Å². The van der Waals surface area contributed by atoms with E-state index < -0.39 is 64.7 Å². The highest BCUT2D eigenvalue weighted by Gasteiger charge is 2.67.